The van der Waals surface area contributed by atoms with E-state index in [2.05, 4.69) is 6.92 Å². The van der Waals surface area contributed by atoms with Crippen LogP contribution in [0.1, 0.15) is 47.5 Å². The molecule has 0 spiro atoms. The van der Waals surface area contributed by atoms with Crippen LogP contribution in [-0.2, 0) is 19.1 Å². The summed E-state index contributed by atoms with van der Waals surface area (Å²) in [5.74, 6) is 0.417. The Morgan fingerprint density at radius 2 is 2.00 bits per heavy atom. The van der Waals surface area contributed by atoms with Gasteiger partial charge in [0.25, 0.3) is 0 Å². The molecule has 1 aliphatic carbocycles. The number of fused-ring (bicyclic) bond motifs is 1. The minimum absolute atomic E-state index is 0.00999. The second-order valence-corrected chi connectivity index (χ2v) is 7.11. The molecule has 19 heavy (non-hydrogen) atoms. The van der Waals surface area contributed by atoms with E-state index in [-0.39, 0.29) is 36.0 Å². The predicted molar refractivity (Wildman–Crippen MR) is 70.3 cm³/mol. The highest BCUT2D eigenvalue weighted by Crippen LogP contribution is 2.45. The molecule has 2 fully saturated rings. The number of carbonyl (C=O) groups is 2. The van der Waals surface area contributed by atoms with Crippen molar-refractivity contribution in [3.05, 3.63) is 0 Å². The van der Waals surface area contributed by atoms with E-state index in [1.807, 2.05) is 27.7 Å². The Labute approximate surface area is 114 Å². The number of cyclic esters (lactones) is 1. The van der Waals surface area contributed by atoms with Gasteiger partial charge in [-0.25, -0.2) is 0 Å². The van der Waals surface area contributed by atoms with Gasteiger partial charge < -0.3 is 9.47 Å². The Kier molecular flexibility index (Phi) is 3.63. The lowest BCUT2D eigenvalue weighted by Crippen LogP contribution is -2.36. The van der Waals surface area contributed by atoms with Gasteiger partial charge in [-0.3, -0.25) is 9.59 Å². The number of carbonyl (C=O) groups excluding carboxylic acids is 2. The third-order valence-electron chi connectivity index (χ3n) is 4.19. The first-order chi connectivity index (χ1) is 8.70. The molecule has 0 aromatic rings. The summed E-state index contributed by atoms with van der Waals surface area (Å²) < 4.78 is 10.9. The van der Waals surface area contributed by atoms with Crippen molar-refractivity contribution in [3.8, 4) is 0 Å². The molecule has 108 valence electrons. The average Bonchev–Trinajstić information content (AvgIpc) is 2.77. The van der Waals surface area contributed by atoms with E-state index < -0.39 is 5.41 Å². The van der Waals surface area contributed by atoms with Crippen LogP contribution in [-0.4, -0.2) is 24.1 Å². The number of rotatable bonds is 2. The summed E-state index contributed by atoms with van der Waals surface area (Å²) in [4.78, 5) is 23.7. The minimum Gasteiger partial charge on any atom is -0.458 e. The molecule has 0 aromatic heterocycles. The van der Waals surface area contributed by atoms with Crippen LogP contribution < -0.4 is 0 Å². The molecule has 1 saturated carbocycles. The topological polar surface area (TPSA) is 52.6 Å². The molecular weight excluding hydrogens is 244 g/mol. The lowest BCUT2D eigenvalue weighted by Gasteiger charge is -2.26. The molecule has 0 radical (unpaired) electrons. The zero-order valence-electron chi connectivity index (χ0n) is 12.4. The molecular formula is C15H24O4. The average molecular weight is 268 g/mol. The van der Waals surface area contributed by atoms with Gasteiger partial charge in [-0.1, -0.05) is 6.92 Å². The lowest BCUT2D eigenvalue weighted by molar-refractivity contribution is -0.169. The van der Waals surface area contributed by atoms with E-state index >= 15 is 0 Å². The van der Waals surface area contributed by atoms with Gasteiger partial charge >= 0.3 is 11.9 Å². The predicted octanol–water partition coefficient (Wildman–Crippen LogP) is 2.55. The van der Waals surface area contributed by atoms with E-state index in [0.717, 1.165) is 12.8 Å². The van der Waals surface area contributed by atoms with Crippen LogP contribution >= 0.6 is 0 Å². The molecule has 4 nitrogen and oxygen atoms in total. The molecule has 0 amide bonds. The van der Waals surface area contributed by atoms with Gasteiger partial charge in [0.1, 0.15) is 12.2 Å². The van der Waals surface area contributed by atoms with Gasteiger partial charge in [0.15, 0.2) is 0 Å². The molecule has 0 aromatic carbocycles. The van der Waals surface area contributed by atoms with Crippen molar-refractivity contribution >= 4 is 11.9 Å². The van der Waals surface area contributed by atoms with Crippen LogP contribution in [0.4, 0.5) is 0 Å². The Hall–Kier alpha value is -1.06. The Morgan fingerprint density at radius 1 is 1.37 bits per heavy atom. The second kappa shape index (κ2) is 4.80. The Balaban J connectivity index is 2.02. The van der Waals surface area contributed by atoms with Crippen molar-refractivity contribution in [1.29, 1.82) is 0 Å². The lowest BCUT2D eigenvalue weighted by atomic mass is 9.91. The molecule has 0 N–H and O–H groups in total. The monoisotopic (exact) mass is 268 g/mol. The van der Waals surface area contributed by atoms with Crippen molar-refractivity contribution in [2.24, 2.45) is 23.2 Å². The van der Waals surface area contributed by atoms with Crippen molar-refractivity contribution in [2.75, 3.05) is 0 Å². The first kappa shape index (κ1) is 14.4. The molecule has 1 heterocycles. The third-order valence-corrected chi connectivity index (χ3v) is 4.19. The van der Waals surface area contributed by atoms with E-state index in [1.165, 1.54) is 0 Å². The van der Waals surface area contributed by atoms with Crippen LogP contribution in [0.3, 0.4) is 0 Å². The number of hydrogen-bond acceptors (Lipinski definition) is 4. The van der Waals surface area contributed by atoms with Gasteiger partial charge in [0, 0.05) is 5.92 Å². The summed E-state index contributed by atoms with van der Waals surface area (Å²) in [6.07, 6.45) is 1.25. The molecule has 5 atom stereocenters. The van der Waals surface area contributed by atoms with Crippen molar-refractivity contribution in [1.82, 2.24) is 0 Å². The van der Waals surface area contributed by atoms with E-state index in [4.69, 9.17) is 9.47 Å². The first-order valence-electron chi connectivity index (χ1n) is 7.11. The Morgan fingerprint density at radius 3 is 2.58 bits per heavy atom. The molecule has 0 bridgehead atoms. The van der Waals surface area contributed by atoms with Gasteiger partial charge in [-0.05, 0) is 46.5 Å². The molecule has 2 rings (SSSR count). The summed E-state index contributed by atoms with van der Waals surface area (Å²) in [5, 5.41) is 0. The van der Waals surface area contributed by atoms with Crippen LogP contribution in [0.25, 0.3) is 0 Å². The van der Waals surface area contributed by atoms with E-state index in [9.17, 15) is 9.59 Å². The Bertz CT molecular complexity index is 382. The van der Waals surface area contributed by atoms with Gasteiger partial charge in [-0.2, -0.15) is 0 Å². The summed E-state index contributed by atoms with van der Waals surface area (Å²) in [5.41, 5.74) is -0.529. The normalized spacial score (nSPS) is 35.7. The van der Waals surface area contributed by atoms with E-state index in [1.54, 1.807) is 0 Å². The second-order valence-electron chi connectivity index (χ2n) is 7.11. The fraction of sp³-hybridized carbons (Fsp3) is 0.867. The van der Waals surface area contributed by atoms with Gasteiger partial charge in [0.2, 0.25) is 0 Å². The highest BCUT2D eigenvalue weighted by Gasteiger charge is 2.52. The summed E-state index contributed by atoms with van der Waals surface area (Å²) in [6, 6.07) is 0. The van der Waals surface area contributed by atoms with Gasteiger partial charge in [0.05, 0.1) is 11.3 Å². The van der Waals surface area contributed by atoms with Crippen LogP contribution in [0, 0.1) is 23.2 Å². The fourth-order valence-electron chi connectivity index (χ4n) is 3.13. The van der Waals surface area contributed by atoms with Crippen LogP contribution in [0.2, 0.25) is 0 Å². The van der Waals surface area contributed by atoms with Crippen molar-refractivity contribution < 1.29 is 19.1 Å². The zero-order chi connectivity index (χ0) is 14.4. The maximum atomic E-state index is 11.9. The van der Waals surface area contributed by atoms with E-state index in [0.29, 0.717) is 5.92 Å². The molecule has 1 aliphatic heterocycles. The standard InChI is InChI=1S/C15H24O4/c1-8-6-10-11(7-8)13(16)19-12(10)9(2)18-14(17)15(3,4)5/h8-12H,6-7H2,1-5H3. The number of hydrogen-bond donors (Lipinski definition) is 0. The highest BCUT2D eigenvalue weighted by atomic mass is 16.6. The highest BCUT2D eigenvalue weighted by molar-refractivity contribution is 5.77. The summed E-state index contributed by atoms with van der Waals surface area (Å²) in [6.45, 7) is 9.46. The smallest absolute Gasteiger partial charge is 0.311 e. The van der Waals surface area contributed by atoms with Gasteiger partial charge in [-0.15, -0.1) is 0 Å². The fourth-order valence-corrected chi connectivity index (χ4v) is 3.13. The van der Waals surface area contributed by atoms with Crippen molar-refractivity contribution in [2.45, 2.75) is 59.7 Å². The molecule has 2 aliphatic rings. The number of esters is 2. The zero-order valence-corrected chi connectivity index (χ0v) is 12.4. The molecule has 1 saturated heterocycles. The number of ether oxygens (including phenoxy) is 2. The molecule has 4 heteroatoms. The SMILES string of the molecule is CC1CC2C(=O)OC(C(C)OC(=O)C(C)(C)C)C2C1. The van der Waals surface area contributed by atoms with Crippen LogP contribution in [0.15, 0.2) is 0 Å². The minimum atomic E-state index is -0.529. The maximum Gasteiger partial charge on any atom is 0.311 e. The third kappa shape index (κ3) is 2.77. The van der Waals surface area contributed by atoms with Crippen LogP contribution in [0.5, 0.6) is 0 Å². The quantitative estimate of drug-likeness (QED) is 0.722. The largest absolute Gasteiger partial charge is 0.458 e. The summed E-state index contributed by atoms with van der Waals surface area (Å²) in [7, 11) is 0. The maximum absolute atomic E-state index is 11.9. The molecule has 5 unspecified atom stereocenters. The van der Waals surface area contributed by atoms with Crippen molar-refractivity contribution in [3.63, 3.8) is 0 Å². The summed E-state index contributed by atoms with van der Waals surface area (Å²) >= 11 is 0. The first-order valence-corrected chi connectivity index (χ1v) is 7.11.